The molecule has 0 saturated carbocycles. The van der Waals surface area contributed by atoms with Gasteiger partial charge in [-0.05, 0) is 6.07 Å². The number of carboxylic acid groups (broad SMARTS) is 1. The second-order valence-corrected chi connectivity index (χ2v) is 4.04. The number of carboxylic acids is 1. The van der Waals surface area contributed by atoms with E-state index < -0.39 is 24.5 Å². The Kier molecular flexibility index (Phi) is 3.48. The van der Waals surface area contributed by atoms with Gasteiger partial charge in [0.25, 0.3) is 5.91 Å². The average Bonchev–Trinajstić information content (AvgIpc) is 2.73. The van der Waals surface area contributed by atoms with E-state index in [1.54, 1.807) is 29.9 Å². The number of aromatic nitrogens is 2. The molecule has 1 aromatic heterocycles. The van der Waals surface area contributed by atoms with Gasteiger partial charge in [-0.15, -0.1) is 0 Å². The predicted molar refractivity (Wildman–Crippen MR) is 66.7 cm³/mol. The molecule has 1 heterocycles. The van der Waals surface area contributed by atoms with E-state index in [0.717, 1.165) is 5.52 Å². The minimum Gasteiger partial charge on any atom is -0.480 e. The van der Waals surface area contributed by atoms with Gasteiger partial charge in [-0.2, -0.15) is 5.10 Å². The number of aliphatic hydroxyl groups is 1. The number of hydrogen-bond donors (Lipinski definition) is 3. The van der Waals surface area contributed by atoms with Crippen LogP contribution < -0.4 is 5.32 Å². The van der Waals surface area contributed by atoms with Crippen LogP contribution in [0.2, 0.25) is 0 Å². The molecule has 1 aromatic carbocycles. The zero-order valence-electron chi connectivity index (χ0n) is 10.2. The van der Waals surface area contributed by atoms with Crippen molar-refractivity contribution >= 4 is 22.8 Å². The van der Waals surface area contributed by atoms with Crippen LogP contribution in [-0.4, -0.2) is 44.5 Å². The molecular weight excluding hydrogens is 250 g/mol. The molecule has 0 aliphatic rings. The van der Waals surface area contributed by atoms with E-state index in [1.807, 2.05) is 6.07 Å². The Morgan fingerprint density at radius 2 is 2.11 bits per heavy atom. The Morgan fingerprint density at radius 1 is 1.42 bits per heavy atom. The van der Waals surface area contributed by atoms with Crippen molar-refractivity contribution in [1.29, 1.82) is 0 Å². The lowest BCUT2D eigenvalue weighted by Gasteiger charge is -2.10. The normalized spacial score (nSPS) is 12.3. The molecule has 7 nitrogen and oxygen atoms in total. The summed E-state index contributed by atoms with van der Waals surface area (Å²) in [5.74, 6) is -1.92. The maximum Gasteiger partial charge on any atom is 0.328 e. The standard InChI is InChI=1S/C12H13N3O4/c1-15-9-5-3-2-4-7(9)10(14-15)11(17)13-8(6-16)12(18)19/h2-5,8,16H,6H2,1H3,(H,13,17)(H,18,19). The fourth-order valence-electron chi connectivity index (χ4n) is 1.79. The van der Waals surface area contributed by atoms with E-state index in [9.17, 15) is 9.59 Å². The molecule has 1 unspecified atom stereocenters. The van der Waals surface area contributed by atoms with E-state index in [2.05, 4.69) is 10.4 Å². The molecule has 1 amide bonds. The highest BCUT2D eigenvalue weighted by molar-refractivity contribution is 6.05. The smallest absolute Gasteiger partial charge is 0.328 e. The van der Waals surface area contributed by atoms with Gasteiger partial charge in [-0.25, -0.2) is 4.79 Å². The van der Waals surface area contributed by atoms with Crippen LogP contribution >= 0.6 is 0 Å². The van der Waals surface area contributed by atoms with Gasteiger partial charge in [-0.1, -0.05) is 18.2 Å². The second-order valence-electron chi connectivity index (χ2n) is 4.04. The van der Waals surface area contributed by atoms with Crippen LogP contribution in [0.15, 0.2) is 24.3 Å². The van der Waals surface area contributed by atoms with E-state index in [-0.39, 0.29) is 5.69 Å². The van der Waals surface area contributed by atoms with Crippen molar-refractivity contribution in [2.45, 2.75) is 6.04 Å². The molecule has 1 atom stereocenters. The fraction of sp³-hybridized carbons (Fsp3) is 0.250. The third-order valence-electron chi connectivity index (χ3n) is 2.76. The van der Waals surface area contributed by atoms with Gasteiger partial charge in [0.05, 0.1) is 12.1 Å². The molecule has 2 aromatic rings. The molecule has 7 heteroatoms. The molecule has 0 spiro atoms. The summed E-state index contributed by atoms with van der Waals surface area (Å²) in [7, 11) is 1.69. The van der Waals surface area contributed by atoms with Crippen LogP contribution in [0.4, 0.5) is 0 Å². The third kappa shape index (κ3) is 2.41. The van der Waals surface area contributed by atoms with E-state index >= 15 is 0 Å². The summed E-state index contributed by atoms with van der Waals surface area (Å²) in [6.45, 7) is -0.675. The number of hydrogen-bond acceptors (Lipinski definition) is 4. The minimum atomic E-state index is -1.34. The Labute approximate surface area is 108 Å². The number of amides is 1. The third-order valence-corrected chi connectivity index (χ3v) is 2.76. The number of carbonyl (C=O) groups excluding carboxylic acids is 1. The van der Waals surface area contributed by atoms with Crippen molar-refractivity contribution in [3.8, 4) is 0 Å². The Hall–Kier alpha value is -2.41. The number of nitrogens with one attached hydrogen (secondary N) is 1. The maximum atomic E-state index is 12.0. The number of benzene rings is 1. The molecular formula is C12H13N3O4. The number of rotatable bonds is 4. The first-order valence-corrected chi connectivity index (χ1v) is 5.61. The quantitative estimate of drug-likeness (QED) is 0.705. The van der Waals surface area contributed by atoms with Gasteiger partial charge in [0.2, 0.25) is 0 Å². The molecule has 2 rings (SSSR count). The lowest BCUT2D eigenvalue weighted by Crippen LogP contribution is -2.43. The number of para-hydroxylation sites is 1. The highest BCUT2D eigenvalue weighted by atomic mass is 16.4. The van der Waals surface area contributed by atoms with Crippen molar-refractivity contribution in [1.82, 2.24) is 15.1 Å². The minimum absolute atomic E-state index is 0.137. The Bertz CT molecular complexity index is 635. The van der Waals surface area contributed by atoms with Crippen LogP contribution in [0.1, 0.15) is 10.5 Å². The largest absolute Gasteiger partial charge is 0.480 e. The lowest BCUT2D eigenvalue weighted by atomic mass is 10.2. The highest BCUT2D eigenvalue weighted by Crippen LogP contribution is 2.17. The second kappa shape index (κ2) is 5.07. The van der Waals surface area contributed by atoms with Crippen molar-refractivity contribution < 1.29 is 19.8 Å². The molecule has 0 saturated heterocycles. The molecule has 100 valence electrons. The van der Waals surface area contributed by atoms with E-state index in [1.165, 1.54) is 0 Å². The van der Waals surface area contributed by atoms with Crippen molar-refractivity contribution in [2.24, 2.45) is 7.05 Å². The van der Waals surface area contributed by atoms with Gasteiger partial charge in [0.1, 0.15) is 0 Å². The zero-order chi connectivity index (χ0) is 14.0. The SMILES string of the molecule is Cn1nc(C(=O)NC(CO)C(=O)O)c2ccccc21. The summed E-state index contributed by atoms with van der Waals surface area (Å²) in [4.78, 5) is 22.8. The number of nitrogens with zero attached hydrogens (tertiary/aromatic N) is 2. The summed E-state index contributed by atoms with van der Waals surface area (Å²) in [6.07, 6.45) is 0. The summed E-state index contributed by atoms with van der Waals surface area (Å²) in [5, 5.41) is 24.6. The van der Waals surface area contributed by atoms with Gasteiger partial charge >= 0.3 is 5.97 Å². The molecule has 0 fully saturated rings. The average molecular weight is 263 g/mol. The molecule has 0 bridgehead atoms. The van der Waals surface area contributed by atoms with Crippen molar-refractivity contribution in [2.75, 3.05) is 6.61 Å². The molecule has 0 aliphatic carbocycles. The zero-order valence-corrected chi connectivity index (χ0v) is 10.2. The highest BCUT2D eigenvalue weighted by Gasteiger charge is 2.22. The van der Waals surface area contributed by atoms with Gasteiger partial charge < -0.3 is 15.5 Å². The Balaban J connectivity index is 2.34. The molecule has 19 heavy (non-hydrogen) atoms. The lowest BCUT2D eigenvalue weighted by molar-refractivity contribution is -0.140. The number of aliphatic carboxylic acids is 1. The van der Waals surface area contributed by atoms with E-state index in [4.69, 9.17) is 10.2 Å². The first kappa shape index (κ1) is 13.0. The first-order chi connectivity index (χ1) is 9.04. The molecule has 0 aliphatic heterocycles. The fourth-order valence-corrected chi connectivity index (χ4v) is 1.79. The van der Waals surface area contributed by atoms with E-state index in [0.29, 0.717) is 5.39 Å². The number of carbonyl (C=O) groups is 2. The van der Waals surface area contributed by atoms with Crippen LogP contribution in [0.3, 0.4) is 0 Å². The number of aryl methyl sites for hydroxylation is 1. The van der Waals surface area contributed by atoms with Crippen LogP contribution in [0, 0.1) is 0 Å². The topological polar surface area (TPSA) is 104 Å². The van der Waals surface area contributed by atoms with Gasteiger partial charge in [0.15, 0.2) is 11.7 Å². The number of fused-ring (bicyclic) bond motifs is 1. The van der Waals surface area contributed by atoms with Crippen molar-refractivity contribution in [3.05, 3.63) is 30.0 Å². The van der Waals surface area contributed by atoms with Crippen LogP contribution in [-0.2, 0) is 11.8 Å². The summed E-state index contributed by atoms with van der Waals surface area (Å²) < 4.78 is 1.54. The van der Waals surface area contributed by atoms with Crippen molar-refractivity contribution in [3.63, 3.8) is 0 Å². The maximum absolute atomic E-state index is 12.0. The summed E-state index contributed by atoms with van der Waals surface area (Å²) in [5.41, 5.74) is 0.904. The van der Waals surface area contributed by atoms with Gasteiger partial charge in [-0.3, -0.25) is 9.48 Å². The summed E-state index contributed by atoms with van der Waals surface area (Å²) >= 11 is 0. The molecule has 3 N–H and O–H groups in total. The molecule has 0 radical (unpaired) electrons. The summed E-state index contributed by atoms with van der Waals surface area (Å²) in [6, 6.07) is 5.78. The first-order valence-electron chi connectivity index (χ1n) is 5.61. The predicted octanol–water partition coefficient (Wildman–Crippen LogP) is -0.251. The number of aliphatic hydroxyl groups excluding tert-OH is 1. The Morgan fingerprint density at radius 3 is 2.74 bits per heavy atom. The van der Waals surface area contributed by atoms with Gasteiger partial charge in [0, 0.05) is 12.4 Å². The monoisotopic (exact) mass is 263 g/mol. The van der Waals surface area contributed by atoms with Crippen LogP contribution in [0.5, 0.6) is 0 Å². The van der Waals surface area contributed by atoms with Crippen LogP contribution in [0.25, 0.3) is 10.9 Å².